The van der Waals surface area contributed by atoms with Crippen molar-refractivity contribution in [3.63, 3.8) is 0 Å². The summed E-state index contributed by atoms with van der Waals surface area (Å²) in [4.78, 5) is 11.7. The molecule has 128 valence electrons. The first-order valence-electron chi connectivity index (χ1n) is 7.41. The summed E-state index contributed by atoms with van der Waals surface area (Å²) in [6, 6.07) is 16.5. The maximum atomic E-state index is 11.7. The van der Waals surface area contributed by atoms with E-state index in [-0.39, 0.29) is 12.5 Å². The number of hydrogen-bond acceptors (Lipinski definition) is 5. The lowest BCUT2D eigenvalue weighted by Crippen LogP contribution is -2.19. The van der Waals surface area contributed by atoms with Crippen molar-refractivity contribution in [3.05, 3.63) is 64.7 Å². The van der Waals surface area contributed by atoms with E-state index in [4.69, 9.17) is 21.6 Å². The van der Waals surface area contributed by atoms with Gasteiger partial charge in [-0.2, -0.15) is 10.4 Å². The molecule has 0 heterocycles. The molecule has 7 heteroatoms. The average Bonchev–Trinajstić information content (AvgIpc) is 2.63. The molecule has 0 unspecified atom stereocenters. The first-order chi connectivity index (χ1) is 12.2. The molecule has 2 aromatic carbocycles. The van der Waals surface area contributed by atoms with E-state index in [1.807, 2.05) is 30.3 Å². The van der Waals surface area contributed by atoms with Crippen LogP contribution in [-0.2, 0) is 10.5 Å². The number of ether oxygens (including phenoxy) is 1. The minimum absolute atomic E-state index is 0.0111. The SMILES string of the molecule is N#CCOc1ccc(/C=N/NC(=O)CSCc2ccc(Cl)cc2)cc1. The van der Waals surface area contributed by atoms with E-state index < -0.39 is 0 Å². The lowest BCUT2D eigenvalue weighted by atomic mass is 10.2. The fourth-order valence-electron chi connectivity index (χ4n) is 1.82. The number of benzene rings is 2. The Labute approximate surface area is 155 Å². The van der Waals surface area contributed by atoms with Crippen molar-refractivity contribution < 1.29 is 9.53 Å². The van der Waals surface area contributed by atoms with Crippen molar-refractivity contribution in [3.8, 4) is 11.8 Å². The summed E-state index contributed by atoms with van der Waals surface area (Å²) < 4.78 is 5.15. The minimum Gasteiger partial charge on any atom is -0.479 e. The fraction of sp³-hybridized carbons (Fsp3) is 0.167. The summed E-state index contributed by atoms with van der Waals surface area (Å²) in [7, 11) is 0. The molecule has 0 aliphatic carbocycles. The zero-order valence-electron chi connectivity index (χ0n) is 13.3. The molecule has 0 saturated carbocycles. The number of rotatable bonds is 8. The van der Waals surface area contributed by atoms with Crippen molar-refractivity contribution in [2.75, 3.05) is 12.4 Å². The maximum Gasteiger partial charge on any atom is 0.250 e. The molecule has 1 N–H and O–H groups in total. The number of nitriles is 1. The van der Waals surface area contributed by atoms with Crippen molar-refractivity contribution in [2.45, 2.75) is 5.75 Å². The monoisotopic (exact) mass is 373 g/mol. The predicted octanol–water partition coefficient (Wildman–Crippen LogP) is 3.63. The number of nitrogens with one attached hydrogen (secondary N) is 1. The molecule has 0 atom stereocenters. The Morgan fingerprint density at radius 2 is 1.96 bits per heavy atom. The van der Waals surface area contributed by atoms with Gasteiger partial charge in [-0.25, -0.2) is 5.43 Å². The van der Waals surface area contributed by atoms with Crippen molar-refractivity contribution >= 4 is 35.5 Å². The largest absolute Gasteiger partial charge is 0.479 e. The zero-order chi connectivity index (χ0) is 17.9. The lowest BCUT2D eigenvalue weighted by molar-refractivity contribution is -0.118. The summed E-state index contributed by atoms with van der Waals surface area (Å²) in [5, 5.41) is 13.1. The number of thioether (sulfide) groups is 1. The van der Waals surface area contributed by atoms with Crippen LogP contribution in [0.25, 0.3) is 0 Å². The molecule has 2 aromatic rings. The van der Waals surface area contributed by atoms with E-state index >= 15 is 0 Å². The second-order valence-electron chi connectivity index (χ2n) is 4.93. The zero-order valence-corrected chi connectivity index (χ0v) is 14.9. The highest BCUT2D eigenvalue weighted by atomic mass is 35.5. The van der Waals surface area contributed by atoms with Gasteiger partial charge in [0.1, 0.15) is 11.8 Å². The van der Waals surface area contributed by atoms with Crippen LogP contribution in [0.3, 0.4) is 0 Å². The molecule has 0 aromatic heterocycles. The molecule has 1 amide bonds. The summed E-state index contributed by atoms with van der Waals surface area (Å²) >= 11 is 7.33. The van der Waals surface area contributed by atoms with Crippen LogP contribution in [0.1, 0.15) is 11.1 Å². The number of hydrogen-bond donors (Lipinski definition) is 1. The number of hydrazone groups is 1. The van der Waals surface area contributed by atoms with E-state index in [0.717, 1.165) is 16.9 Å². The normalized spacial score (nSPS) is 10.4. The summed E-state index contributed by atoms with van der Waals surface area (Å²) in [6.45, 7) is 0.0111. The fourth-order valence-corrected chi connectivity index (χ4v) is 2.73. The van der Waals surface area contributed by atoms with Gasteiger partial charge in [-0.1, -0.05) is 23.7 Å². The molecule has 0 fully saturated rings. The number of amides is 1. The number of carbonyl (C=O) groups is 1. The Balaban J connectivity index is 1.69. The van der Waals surface area contributed by atoms with Gasteiger partial charge >= 0.3 is 0 Å². The third-order valence-electron chi connectivity index (χ3n) is 3.00. The van der Waals surface area contributed by atoms with Gasteiger partial charge in [0.15, 0.2) is 6.61 Å². The first kappa shape index (κ1) is 18.8. The number of halogens is 1. The van der Waals surface area contributed by atoms with Crippen molar-refractivity contribution in [1.82, 2.24) is 5.43 Å². The second kappa shape index (κ2) is 10.4. The highest BCUT2D eigenvalue weighted by Gasteiger charge is 2.01. The van der Waals surface area contributed by atoms with Crippen LogP contribution in [0.4, 0.5) is 0 Å². The average molecular weight is 374 g/mol. The highest BCUT2D eigenvalue weighted by Crippen LogP contribution is 2.15. The molecule has 0 aliphatic heterocycles. The van der Waals surface area contributed by atoms with Crippen molar-refractivity contribution in [2.24, 2.45) is 5.10 Å². The molecule has 0 saturated heterocycles. The molecular formula is C18H16ClN3O2S. The third kappa shape index (κ3) is 7.29. The number of carbonyl (C=O) groups excluding carboxylic acids is 1. The minimum atomic E-state index is -0.163. The van der Waals surface area contributed by atoms with Crippen molar-refractivity contribution in [1.29, 1.82) is 5.26 Å². The van der Waals surface area contributed by atoms with Crippen LogP contribution in [-0.4, -0.2) is 24.5 Å². The van der Waals surface area contributed by atoms with Crippen LogP contribution in [0.2, 0.25) is 5.02 Å². The summed E-state index contributed by atoms with van der Waals surface area (Å²) in [5.41, 5.74) is 4.42. The Hall–Kier alpha value is -2.49. The van der Waals surface area contributed by atoms with Gasteiger partial charge in [0, 0.05) is 10.8 Å². The Kier molecular flexibility index (Phi) is 7.83. The Bertz CT molecular complexity index is 755. The highest BCUT2D eigenvalue weighted by molar-refractivity contribution is 7.99. The van der Waals surface area contributed by atoms with Gasteiger partial charge in [0.2, 0.25) is 5.91 Å². The molecule has 25 heavy (non-hydrogen) atoms. The van der Waals surface area contributed by atoms with Gasteiger partial charge in [-0.15, -0.1) is 11.8 Å². The maximum absolute atomic E-state index is 11.7. The third-order valence-corrected chi connectivity index (χ3v) is 4.26. The molecule has 0 bridgehead atoms. The van der Waals surface area contributed by atoms with Gasteiger partial charge < -0.3 is 4.74 Å². The standard InChI is InChI=1S/C18H16ClN3O2S/c19-16-5-1-15(2-6-16)12-25-13-18(23)22-21-11-14-3-7-17(8-4-14)24-10-9-20/h1-8,11H,10,12-13H2,(H,22,23)/b21-11+. The summed E-state index contributed by atoms with van der Waals surface area (Å²) in [5.74, 6) is 1.50. The van der Waals surface area contributed by atoms with E-state index in [2.05, 4.69) is 10.5 Å². The van der Waals surface area contributed by atoms with Crippen LogP contribution >= 0.6 is 23.4 Å². The molecular weight excluding hydrogens is 358 g/mol. The van der Waals surface area contributed by atoms with E-state index in [0.29, 0.717) is 16.5 Å². The number of nitrogens with zero attached hydrogens (tertiary/aromatic N) is 2. The predicted molar refractivity (Wildman–Crippen MR) is 101 cm³/mol. The topological polar surface area (TPSA) is 74.5 Å². The van der Waals surface area contributed by atoms with Gasteiger partial charge in [0.05, 0.1) is 12.0 Å². The Morgan fingerprint density at radius 3 is 2.64 bits per heavy atom. The van der Waals surface area contributed by atoms with Gasteiger partial charge in [-0.05, 0) is 47.5 Å². The lowest BCUT2D eigenvalue weighted by Gasteiger charge is -2.02. The van der Waals surface area contributed by atoms with Gasteiger partial charge in [-0.3, -0.25) is 4.79 Å². The quantitative estimate of drug-likeness (QED) is 0.566. The van der Waals surface area contributed by atoms with E-state index in [1.54, 1.807) is 30.5 Å². The second-order valence-corrected chi connectivity index (χ2v) is 6.35. The smallest absolute Gasteiger partial charge is 0.250 e. The van der Waals surface area contributed by atoms with Crippen LogP contribution in [0.5, 0.6) is 5.75 Å². The van der Waals surface area contributed by atoms with Crippen LogP contribution < -0.4 is 10.2 Å². The van der Waals surface area contributed by atoms with Gasteiger partial charge in [0.25, 0.3) is 0 Å². The van der Waals surface area contributed by atoms with E-state index in [9.17, 15) is 4.79 Å². The molecule has 0 spiro atoms. The summed E-state index contributed by atoms with van der Waals surface area (Å²) in [6.07, 6.45) is 1.55. The van der Waals surface area contributed by atoms with Crippen LogP contribution in [0.15, 0.2) is 53.6 Å². The molecule has 0 aliphatic rings. The molecule has 2 rings (SSSR count). The van der Waals surface area contributed by atoms with E-state index in [1.165, 1.54) is 11.8 Å². The Morgan fingerprint density at radius 1 is 1.24 bits per heavy atom. The van der Waals surface area contributed by atoms with Crippen LogP contribution in [0, 0.1) is 11.3 Å². The molecule has 5 nitrogen and oxygen atoms in total. The first-order valence-corrected chi connectivity index (χ1v) is 8.94. The molecule has 0 radical (unpaired) electrons.